The zero-order valence-electron chi connectivity index (χ0n) is 12.0. The first-order chi connectivity index (χ1) is 9.20. The topological polar surface area (TPSA) is 32.3 Å². The first-order valence-electron chi connectivity index (χ1n) is 7.28. The minimum atomic E-state index is 0.0264. The Morgan fingerprint density at radius 2 is 2.26 bits per heavy atom. The van der Waals surface area contributed by atoms with Gasteiger partial charge in [-0.15, -0.1) is 0 Å². The van der Waals surface area contributed by atoms with Crippen molar-refractivity contribution in [1.29, 1.82) is 0 Å². The zero-order valence-corrected chi connectivity index (χ0v) is 12.0. The number of aryl methyl sites for hydroxylation is 1. The van der Waals surface area contributed by atoms with Crippen LogP contribution < -0.4 is 5.32 Å². The van der Waals surface area contributed by atoms with Crippen molar-refractivity contribution in [3.05, 3.63) is 35.4 Å². The summed E-state index contributed by atoms with van der Waals surface area (Å²) in [6.45, 7) is 6.60. The van der Waals surface area contributed by atoms with E-state index >= 15 is 0 Å². The molecule has 1 N–H and O–H groups in total. The highest BCUT2D eigenvalue weighted by molar-refractivity contribution is 5.82. The number of likely N-dealkylation sites (N-methyl/N-ethyl adjacent to an activating group) is 1. The first kappa shape index (κ1) is 14.1. The minimum absolute atomic E-state index is 0.0264. The summed E-state index contributed by atoms with van der Waals surface area (Å²) in [7, 11) is 0. The Kier molecular flexibility index (Phi) is 4.97. The lowest BCUT2D eigenvalue weighted by Crippen LogP contribution is -2.48. The van der Waals surface area contributed by atoms with E-state index < -0.39 is 0 Å². The van der Waals surface area contributed by atoms with Gasteiger partial charge in [0.05, 0.1) is 6.04 Å². The van der Waals surface area contributed by atoms with Gasteiger partial charge in [0.25, 0.3) is 0 Å². The fourth-order valence-electron chi connectivity index (χ4n) is 2.66. The molecule has 0 aromatic heterocycles. The fourth-order valence-corrected chi connectivity index (χ4v) is 2.66. The van der Waals surface area contributed by atoms with Gasteiger partial charge in [-0.25, -0.2) is 0 Å². The Labute approximate surface area is 116 Å². The van der Waals surface area contributed by atoms with E-state index in [1.165, 1.54) is 17.5 Å². The average molecular weight is 260 g/mol. The summed E-state index contributed by atoms with van der Waals surface area (Å²) in [4.78, 5) is 14.4. The molecule has 1 aliphatic rings. The smallest absolute Gasteiger partial charge is 0.239 e. The third-order valence-corrected chi connectivity index (χ3v) is 3.76. The molecule has 1 fully saturated rings. The van der Waals surface area contributed by atoms with Gasteiger partial charge < -0.3 is 10.2 Å². The number of nitrogens with zero attached hydrogens (tertiary/aromatic N) is 1. The third-order valence-electron chi connectivity index (χ3n) is 3.76. The third kappa shape index (κ3) is 3.80. The molecule has 19 heavy (non-hydrogen) atoms. The van der Waals surface area contributed by atoms with Gasteiger partial charge in [0.1, 0.15) is 0 Å². The van der Waals surface area contributed by atoms with Gasteiger partial charge in [-0.05, 0) is 38.8 Å². The molecule has 0 bridgehead atoms. The number of hydrogen-bond acceptors (Lipinski definition) is 2. The van der Waals surface area contributed by atoms with Crippen LogP contribution in [-0.2, 0) is 11.3 Å². The van der Waals surface area contributed by atoms with Crippen molar-refractivity contribution in [3.8, 4) is 0 Å². The van der Waals surface area contributed by atoms with Gasteiger partial charge in [-0.3, -0.25) is 4.79 Å². The molecule has 1 aliphatic heterocycles. The van der Waals surface area contributed by atoms with Crippen LogP contribution in [-0.4, -0.2) is 29.9 Å². The monoisotopic (exact) mass is 260 g/mol. The van der Waals surface area contributed by atoms with Gasteiger partial charge in [-0.1, -0.05) is 36.2 Å². The molecule has 1 saturated heterocycles. The van der Waals surface area contributed by atoms with Crippen molar-refractivity contribution in [2.75, 3.05) is 13.1 Å². The summed E-state index contributed by atoms with van der Waals surface area (Å²) in [5.41, 5.74) is 2.46. The van der Waals surface area contributed by atoms with E-state index in [1.54, 1.807) is 0 Å². The predicted octanol–water partition coefficient (Wildman–Crippen LogP) is 2.49. The van der Waals surface area contributed by atoms with Gasteiger partial charge in [-0.2, -0.15) is 0 Å². The SMILES string of the molecule is CCN(Cc1cccc(C)c1)C(=O)C1CCCCN1. The maximum absolute atomic E-state index is 12.5. The molecular formula is C16H24N2O. The average Bonchev–Trinajstić information content (AvgIpc) is 2.45. The van der Waals surface area contributed by atoms with E-state index in [1.807, 2.05) is 4.90 Å². The molecule has 0 spiro atoms. The molecule has 0 radical (unpaired) electrons. The van der Waals surface area contributed by atoms with Crippen molar-refractivity contribution in [3.63, 3.8) is 0 Å². The number of hydrogen-bond donors (Lipinski definition) is 1. The Morgan fingerprint density at radius 3 is 2.89 bits per heavy atom. The van der Waals surface area contributed by atoms with E-state index in [0.717, 1.165) is 32.5 Å². The summed E-state index contributed by atoms with van der Waals surface area (Å²) < 4.78 is 0. The number of carbonyl (C=O) groups is 1. The molecule has 1 unspecified atom stereocenters. The zero-order chi connectivity index (χ0) is 13.7. The van der Waals surface area contributed by atoms with E-state index in [-0.39, 0.29) is 11.9 Å². The molecule has 104 valence electrons. The van der Waals surface area contributed by atoms with Crippen LogP contribution in [0.25, 0.3) is 0 Å². The molecule has 3 nitrogen and oxygen atoms in total. The van der Waals surface area contributed by atoms with Crippen LogP contribution in [0.3, 0.4) is 0 Å². The van der Waals surface area contributed by atoms with Crippen molar-refractivity contribution in [2.24, 2.45) is 0 Å². The summed E-state index contributed by atoms with van der Waals surface area (Å²) >= 11 is 0. The number of nitrogens with one attached hydrogen (secondary N) is 1. The van der Waals surface area contributed by atoms with Crippen LogP contribution >= 0.6 is 0 Å². The van der Waals surface area contributed by atoms with Crippen molar-refractivity contribution >= 4 is 5.91 Å². The molecule has 1 heterocycles. The lowest BCUT2D eigenvalue weighted by Gasteiger charge is -2.29. The highest BCUT2D eigenvalue weighted by Crippen LogP contribution is 2.13. The summed E-state index contributed by atoms with van der Waals surface area (Å²) in [6, 6.07) is 8.42. The Balaban J connectivity index is 2.00. The lowest BCUT2D eigenvalue weighted by molar-refractivity contribution is -0.134. The Bertz CT molecular complexity index is 425. The second-order valence-electron chi connectivity index (χ2n) is 5.34. The number of amides is 1. The highest BCUT2D eigenvalue weighted by atomic mass is 16.2. The minimum Gasteiger partial charge on any atom is -0.337 e. The quantitative estimate of drug-likeness (QED) is 0.902. The van der Waals surface area contributed by atoms with Crippen LogP contribution in [0.2, 0.25) is 0 Å². The van der Waals surface area contributed by atoms with Gasteiger partial charge >= 0.3 is 0 Å². The standard InChI is InChI=1S/C16H24N2O/c1-3-18(12-14-8-6-7-13(2)11-14)16(19)15-9-4-5-10-17-15/h6-8,11,15,17H,3-5,9-10,12H2,1-2H3. The van der Waals surface area contributed by atoms with Crippen molar-refractivity contribution < 1.29 is 4.79 Å². The van der Waals surface area contributed by atoms with Gasteiger partial charge in [0, 0.05) is 13.1 Å². The number of benzene rings is 1. The molecule has 1 amide bonds. The number of carbonyl (C=O) groups excluding carboxylic acids is 1. The van der Waals surface area contributed by atoms with Crippen molar-refractivity contribution in [1.82, 2.24) is 10.2 Å². The molecule has 0 saturated carbocycles. The van der Waals surface area contributed by atoms with E-state index in [9.17, 15) is 4.79 Å². The molecule has 1 atom stereocenters. The largest absolute Gasteiger partial charge is 0.337 e. The molecule has 0 aliphatic carbocycles. The van der Waals surface area contributed by atoms with Crippen LogP contribution in [0.15, 0.2) is 24.3 Å². The molecule has 1 aromatic carbocycles. The van der Waals surface area contributed by atoms with E-state index in [0.29, 0.717) is 0 Å². The Morgan fingerprint density at radius 1 is 1.42 bits per heavy atom. The lowest BCUT2D eigenvalue weighted by atomic mass is 10.0. The highest BCUT2D eigenvalue weighted by Gasteiger charge is 2.24. The predicted molar refractivity (Wildman–Crippen MR) is 77.9 cm³/mol. The normalized spacial score (nSPS) is 19.2. The van der Waals surface area contributed by atoms with Crippen LogP contribution in [0.4, 0.5) is 0 Å². The van der Waals surface area contributed by atoms with E-state index in [4.69, 9.17) is 0 Å². The maximum atomic E-state index is 12.5. The summed E-state index contributed by atoms with van der Waals surface area (Å²) in [6.07, 6.45) is 3.32. The number of rotatable bonds is 4. The molecule has 2 rings (SSSR count). The van der Waals surface area contributed by atoms with Crippen LogP contribution in [0, 0.1) is 6.92 Å². The second-order valence-corrected chi connectivity index (χ2v) is 5.34. The fraction of sp³-hybridized carbons (Fsp3) is 0.562. The molecular weight excluding hydrogens is 236 g/mol. The summed E-state index contributed by atoms with van der Waals surface area (Å²) in [5, 5.41) is 3.34. The first-order valence-corrected chi connectivity index (χ1v) is 7.28. The van der Waals surface area contributed by atoms with Gasteiger partial charge in [0.2, 0.25) is 5.91 Å². The van der Waals surface area contributed by atoms with Crippen LogP contribution in [0.1, 0.15) is 37.3 Å². The summed E-state index contributed by atoms with van der Waals surface area (Å²) in [5.74, 6) is 0.253. The molecule has 3 heteroatoms. The molecule has 1 aromatic rings. The van der Waals surface area contributed by atoms with Gasteiger partial charge in [0.15, 0.2) is 0 Å². The van der Waals surface area contributed by atoms with Crippen LogP contribution in [0.5, 0.6) is 0 Å². The Hall–Kier alpha value is -1.35. The number of piperidine rings is 1. The second kappa shape index (κ2) is 6.71. The van der Waals surface area contributed by atoms with E-state index in [2.05, 4.69) is 43.4 Å². The maximum Gasteiger partial charge on any atom is 0.239 e. The van der Waals surface area contributed by atoms with Crippen molar-refractivity contribution in [2.45, 2.75) is 45.7 Å².